The van der Waals surface area contributed by atoms with Crippen LogP contribution in [0.3, 0.4) is 0 Å². The minimum Gasteiger partial charge on any atom is -0.313 e. The molecule has 1 saturated carbocycles. The van der Waals surface area contributed by atoms with Gasteiger partial charge in [-0.3, -0.25) is 0 Å². The van der Waals surface area contributed by atoms with Gasteiger partial charge in [0.15, 0.2) is 0 Å². The van der Waals surface area contributed by atoms with Crippen molar-refractivity contribution in [3.05, 3.63) is 35.6 Å². The molecular weight excluding hydrogens is 225 g/mol. The van der Waals surface area contributed by atoms with Crippen molar-refractivity contribution in [2.24, 2.45) is 5.41 Å². The number of hydrogen-bond donors (Lipinski definition) is 1. The topological polar surface area (TPSA) is 12.0 Å². The fourth-order valence-corrected chi connectivity index (χ4v) is 2.60. The first-order chi connectivity index (χ1) is 7.15. The zero-order chi connectivity index (χ0) is 10.9. The van der Waals surface area contributed by atoms with Gasteiger partial charge in [0.05, 0.1) is 0 Å². The predicted octanol–water partition coefficient (Wildman–Crippen LogP) is 3.70. The van der Waals surface area contributed by atoms with Gasteiger partial charge in [-0.15, -0.1) is 12.4 Å². The summed E-state index contributed by atoms with van der Waals surface area (Å²) in [7, 11) is 1.98. The molecule has 0 bridgehead atoms. The highest BCUT2D eigenvalue weighted by Gasteiger charge is 2.39. The molecule has 0 spiro atoms. The van der Waals surface area contributed by atoms with Crippen molar-refractivity contribution in [3.8, 4) is 0 Å². The summed E-state index contributed by atoms with van der Waals surface area (Å²) in [6.45, 7) is 2.31. The molecule has 2 rings (SSSR count). The minimum atomic E-state index is -0.160. The van der Waals surface area contributed by atoms with Crippen molar-refractivity contribution in [1.29, 1.82) is 0 Å². The van der Waals surface area contributed by atoms with E-state index in [-0.39, 0.29) is 18.2 Å². The molecule has 0 aliphatic heterocycles. The third-order valence-electron chi connectivity index (χ3n) is 3.68. The van der Waals surface area contributed by atoms with Crippen LogP contribution < -0.4 is 5.32 Å². The molecular formula is C13H19ClFN. The van der Waals surface area contributed by atoms with E-state index in [0.29, 0.717) is 11.5 Å². The summed E-state index contributed by atoms with van der Waals surface area (Å²) in [6.07, 6.45) is 3.83. The first kappa shape index (κ1) is 13.5. The third-order valence-corrected chi connectivity index (χ3v) is 3.68. The lowest BCUT2D eigenvalue weighted by molar-refractivity contribution is 0.102. The molecule has 1 aliphatic rings. The normalized spacial score (nSPS) is 19.4. The lowest BCUT2D eigenvalue weighted by Crippen LogP contribution is -2.39. The predicted molar refractivity (Wildman–Crippen MR) is 67.4 cm³/mol. The summed E-state index contributed by atoms with van der Waals surface area (Å²) in [5, 5.41) is 3.36. The Morgan fingerprint density at radius 2 is 1.81 bits per heavy atom. The summed E-state index contributed by atoms with van der Waals surface area (Å²) < 4.78 is 12.8. The third kappa shape index (κ3) is 2.38. The molecule has 1 N–H and O–H groups in total. The van der Waals surface area contributed by atoms with Crippen molar-refractivity contribution < 1.29 is 4.39 Å². The van der Waals surface area contributed by atoms with Gasteiger partial charge < -0.3 is 5.32 Å². The van der Waals surface area contributed by atoms with E-state index >= 15 is 0 Å². The number of benzene rings is 1. The van der Waals surface area contributed by atoms with E-state index in [2.05, 4.69) is 12.2 Å². The molecule has 16 heavy (non-hydrogen) atoms. The second kappa shape index (κ2) is 5.15. The van der Waals surface area contributed by atoms with Crippen LogP contribution in [-0.2, 0) is 0 Å². The largest absolute Gasteiger partial charge is 0.313 e. The summed E-state index contributed by atoms with van der Waals surface area (Å²) in [6, 6.07) is 7.22. The maximum absolute atomic E-state index is 12.8. The van der Waals surface area contributed by atoms with Crippen LogP contribution >= 0.6 is 12.4 Å². The highest BCUT2D eigenvalue weighted by Crippen LogP contribution is 2.49. The maximum atomic E-state index is 12.8. The van der Waals surface area contributed by atoms with Crippen LogP contribution in [0.5, 0.6) is 0 Å². The molecule has 1 nitrogen and oxygen atoms in total. The minimum absolute atomic E-state index is 0. The first-order valence-corrected chi connectivity index (χ1v) is 5.58. The van der Waals surface area contributed by atoms with E-state index in [1.54, 1.807) is 12.1 Å². The SMILES string of the molecule is CNC(c1ccc(F)cc1)C1(C)CCC1.Cl. The van der Waals surface area contributed by atoms with Gasteiger partial charge in [-0.05, 0) is 43.0 Å². The Labute approximate surface area is 103 Å². The molecule has 0 saturated heterocycles. The van der Waals surface area contributed by atoms with Crippen LogP contribution in [0.1, 0.15) is 37.8 Å². The lowest BCUT2D eigenvalue weighted by Gasteiger charge is -2.45. The zero-order valence-electron chi connectivity index (χ0n) is 9.79. The molecule has 1 atom stereocenters. The van der Waals surface area contributed by atoms with Gasteiger partial charge in [0.1, 0.15) is 5.82 Å². The van der Waals surface area contributed by atoms with Gasteiger partial charge in [-0.1, -0.05) is 25.5 Å². The Morgan fingerprint density at radius 3 is 2.19 bits per heavy atom. The molecule has 1 aliphatic carbocycles. The Hall–Kier alpha value is -0.600. The van der Waals surface area contributed by atoms with Crippen LogP contribution in [-0.4, -0.2) is 7.05 Å². The monoisotopic (exact) mass is 243 g/mol. The van der Waals surface area contributed by atoms with E-state index in [9.17, 15) is 4.39 Å². The Morgan fingerprint density at radius 1 is 1.25 bits per heavy atom. The summed E-state index contributed by atoms with van der Waals surface area (Å²) in [4.78, 5) is 0. The molecule has 3 heteroatoms. The number of nitrogens with one attached hydrogen (secondary N) is 1. The Bertz CT molecular complexity index is 332. The van der Waals surface area contributed by atoms with Gasteiger partial charge >= 0.3 is 0 Å². The van der Waals surface area contributed by atoms with E-state index in [1.807, 2.05) is 19.2 Å². The van der Waals surface area contributed by atoms with Crippen molar-refractivity contribution in [3.63, 3.8) is 0 Å². The average Bonchev–Trinajstić information content (AvgIpc) is 2.19. The van der Waals surface area contributed by atoms with E-state index < -0.39 is 0 Å². The second-order valence-electron chi connectivity index (χ2n) is 4.78. The van der Waals surface area contributed by atoms with E-state index in [0.717, 1.165) is 0 Å². The van der Waals surface area contributed by atoms with Crippen LogP contribution in [0, 0.1) is 11.2 Å². The molecule has 90 valence electrons. The molecule has 1 aromatic rings. The van der Waals surface area contributed by atoms with Gasteiger partial charge in [0.25, 0.3) is 0 Å². The quantitative estimate of drug-likeness (QED) is 0.854. The van der Waals surface area contributed by atoms with Crippen LogP contribution in [0.2, 0.25) is 0 Å². The molecule has 0 radical (unpaired) electrons. The van der Waals surface area contributed by atoms with Crippen LogP contribution in [0.25, 0.3) is 0 Å². The fraction of sp³-hybridized carbons (Fsp3) is 0.538. The van der Waals surface area contributed by atoms with Crippen LogP contribution in [0.15, 0.2) is 24.3 Å². The highest BCUT2D eigenvalue weighted by molar-refractivity contribution is 5.85. The van der Waals surface area contributed by atoms with E-state index in [1.165, 1.54) is 24.8 Å². The number of rotatable bonds is 3. The Kier molecular flexibility index (Phi) is 4.34. The van der Waals surface area contributed by atoms with Gasteiger partial charge in [-0.25, -0.2) is 4.39 Å². The van der Waals surface area contributed by atoms with Gasteiger partial charge in [0, 0.05) is 6.04 Å². The second-order valence-corrected chi connectivity index (χ2v) is 4.78. The molecule has 1 fully saturated rings. The van der Waals surface area contributed by atoms with Crippen LogP contribution in [0.4, 0.5) is 4.39 Å². The standard InChI is InChI=1S/C13H18FN.ClH/c1-13(8-3-9-13)12(15-2)10-4-6-11(14)7-5-10;/h4-7,12,15H,3,8-9H2,1-2H3;1H. The summed E-state index contributed by atoms with van der Waals surface area (Å²) >= 11 is 0. The Balaban J connectivity index is 0.00000128. The summed E-state index contributed by atoms with van der Waals surface area (Å²) in [5.74, 6) is -0.160. The van der Waals surface area contributed by atoms with Crippen molar-refractivity contribution in [1.82, 2.24) is 5.32 Å². The molecule has 1 unspecified atom stereocenters. The van der Waals surface area contributed by atoms with Gasteiger partial charge in [-0.2, -0.15) is 0 Å². The first-order valence-electron chi connectivity index (χ1n) is 5.58. The smallest absolute Gasteiger partial charge is 0.123 e. The number of hydrogen-bond acceptors (Lipinski definition) is 1. The molecule has 1 aromatic carbocycles. The molecule has 0 amide bonds. The van der Waals surface area contributed by atoms with Crippen molar-refractivity contribution in [2.45, 2.75) is 32.2 Å². The lowest BCUT2D eigenvalue weighted by atomic mass is 9.64. The molecule has 0 heterocycles. The molecule has 0 aromatic heterocycles. The zero-order valence-corrected chi connectivity index (χ0v) is 10.6. The fourth-order valence-electron chi connectivity index (χ4n) is 2.60. The van der Waals surface area contributed by atoms with Gasteiger partial charge in [0.2, 0.25) is 0 Å². The number of halogens is 2. The van der Waals surface area contributed by atoms with E-state index in [4.69, 9.17) is 0 Å². The van der Waals surface area contributed by atoms with Crippen molar-refractivity contribution >= 4 is 12.4 Å². The average molecular weight is 244 g/mol. The maximum Gasteiger partial charge on any atom is 0.123 e. The summed E-state index contributed by atoms with van der Waals surface area (Å²) in [5.41, 5.74) is 1.55. The van der Waals surface area contributed by atoms with Crippen molar-refractivity contribution in [2.75, 3.05) is 7.05 Å². The highest BCUT2D eigenvalue weighted by atomic mass is 35.5.